The second-order valence-electron chi connectivity index (χ2n) is 20.2. The molecule has 10 unspecified atom stereocenters. The van der Waals surface area contributed by atoms with Crippen LogP contribution in [0.3, 0.4) is 0 Å². The van der Waals surface area contributed by atoms with Crippen molar-refractivity contribution in [1.82, 2.24) is 10.2 Å². The maximum Gasteiger partial charge on any atom is 0.159 e. The number of Topliss-reactive ketones (excluding diaryl/α,β-unsaturated/α-hetero) is 1. The SMILES string of the molecule is CCC1(NCCN2CCS(=O)(=O)CC2)CCC2(C)C(CCC3C4(C)CC=C(c5ccc(C(C)=O)cc5)C(C)(C)C4CCC32C)C1C1(C(C)(COC)OC)C=N1. The molecule has 9 heteroatoms. The van der Waals surface area contributed by atoms with E-state index >= 15 is 0 Å². The molecule has 3 saturated carbocycles. The minimum absolute atomic E-state index is 0.0189. The number of ketones is 1. The van der Waals surface area contributed by atoms with Crippen LogP contribution >= 0.6 is 0 Å². The van der Waals surface area contributed by atoms with E-state index in [-0.39, 0.29) is 50.4 Å². The van der Waals surface area contributed by atoms with Crippen LogP contribution in [-0.4, -0.2) is 101 Å². The average Bonchev–Trinajstić information content (AvgIpc) is 3.95. The van der Waals surface area contributed by atoms with Crippen LogP contribution in [0.1, 0.15) is 123 Å². The fourth-order valence-corrected chi connectivity index (χ4v) is 15.6. The fraction of sp³-hybridized carbons (Fsp3) is 0.783. The smallest absolute Gasteiger partial charge is 0.159 e. The second kappa shape index (κ2) is 14.1. The molecule has 7 rings (SSSR count). The maximum atomic E-state index is 12.2. The fourth-order valence-electron chi connectivity index (χ4n) is 14.3. The van der Waals surface area contributed by atoms with Crippen molar-refractivity contribution in [3.63, 3.8) is 0 Å². The van der Waals surface area contributed by atoms with Crippen molar-refractivity contribution < 1.29 is 22.7 Å². The first-order valence-corrected chi connectivity index (χ1v) is 23.2. The minimum atomic E-state index is -2.91. The van der Waals surface area contributed by atoms with Crippen molar-refractivity contribution in [3.8, 4) is 0 Å². The third-order valence-corrected chi connectivity index (χ3v) is 19.4. The molecule has 55 heavy (non-hydrogen) atoms. The van der Waals surface area contributed by atoms with Crippen molar-refractivity contribution in [2.24, 2.45) is 50.3 Å². The standard InChI is InChI=1S/C46H71N3O5S/c1-11-45(47-24-25-49-26-28-55(51,52)29-27-49)23-22-42(6)36(39(45)46(30-48-46)44(8,54-10)31-53-9)16-17-38-41(5)20-18-35(34-14-12-33(13-15-34)32(2)50)40(3,4)37(41)19-21-43(38,42)7/h12-15,18,30,36-39,47H,11,16-17,19-29,31H2,1-10H3. The summed E-state index contributed by atoms with van der Waals surface area (Å²) in [6.45, 7) is 22.6. The van der Waals surface area contributed by atoms with E-state index in [1.807, 2.05) is 19.2 Å². The van der Waals surface area contributed by atoms with Crippen molar-refractivity contribution in [2.75, 3.05) is 58.5 Å². The average molecular weight is 778 g/mol. The number of carbonyl (C=O) groups excluding carboxylic acids is 1. The number of fused-ring (bicyclic) bond motifs is 5. The summed E-state index contributed by atoms with van der Waals surface area (Å²) in [5, 5.41) is 4.22. The van der Waals surface area contributed by atoms with Gasteiger partial charge in [0.2, 0.25) is 0 Å². The molecule has 0 spiro atoms. The van der Waals surface area contributed by atoms with Gasteiger partial charge in [0.05, 0.1) is 18.1 Å². The number of allylic oxidation sites excluding steroid dienone is 2. The summed E-state index contributed by atoms with van der Waals surface area (Å²) in [7, 11) is 0.698. The molecule has 0 radical (unpaired) electrons. The van der Waals surface area contributed by atoms with Crippen molar-refractivity contribution >= 4 is 27.4 Å². The molecule has 0 aromatic heterocycles. The molecule has 1 saturated heterocycles. The predicted molar refractivity (Wildman–Crippen MR) is 223 cm³/mol. The number of benzene rings is 1. The van der Waals surface area contributed by atoms with Crippen LogP contribution in [0.5, 0.6) is 0 Å². The van der Waals surface area contributed by atoms with E-state index in [4.69, 9.17) is 14.5 Å². The van der Waals surface area contributed by atoms with E-state index in [0.29, 0.717) is 37.5 Å². The maximum absolute atomic E-state index is 12.2. The van der Waals surface area contributed by atoms with Crippen molar-refractivity contribution in [3.05, 3.63) is 41.5 Å². The zero-order chi connectivity index (χ0) is 39.9. The molecule has 306 valence electrons. The number of sulfone groups is 1. The Labute approximate surface area is 333 Å². The van der Waals surface area contributed by atoms with Gasteiger partial charge in [0.25, 0.3) is 0 Å². The zero-order valence-corrected chi connectivity index (χ0v) is 36.5. The van der Waals surface area contributed by atoms with Crippen molar-refractivity contribution in [2.45, 2.75) is 123 Å². The summed E-state index contributed by atoms with van der Waals surface area (Å²) >= 11 is 0. The molecule has 4 aliphatic carbocycles. The second-order valence-corrected chi connectivity index (χ2v) is 22.5. The van der Waals surface area contributed by atoms with E-state index < -0.39 is 21.0 Å². The summed E-state index contributed by atoms with van der Waals surface area (Å²) in [6, 6.07) is 8.36. The van der Waals surface area contributed by atoms with Gasteiger partial charge in [-0.2, -0.15) is 0 Å². The Hall–Kier alpha value is -1.91. The zero-order valence-electron chi connectivity index (χ0n) is 35.7. The Balaban J connectivity index is 1.22. The molecule has 8 nitrogen and oxygen atoms in total. The Kier molecular flexibility index (Phi) is 10.6. The summed E-state index contributed by atoms with van der Waals surface area (Å²) in [5.41, 5.74) is 2.79. The molecule has 1 aromatic carbocycles. The summed E-state index contributed by atoms with van der Waals surface area (Å²) in [6.07, 6.45) is 14.0. The highest BCUT2D eigenvalue weighted by Crippen LogP contribution is 2.76. The number of hydrogen-bond donors (Lipinski definition) is 1. The molecule has 2 heterocycles. The van der Waals surface area contributed by atoms with Gasteiger partial charge in [0.15, 0.2) is 15.6 Å². The first-order valence-electron chi connectivity index (χ1n) is 21.4. The van der Waals surface area contributed by atoms with Crippen LogP contribution in [0.4, 0.5) is 0 Å². The van der Waals surface area contributed by atoms with Gasteiger partial charge in [-0.3, -0.25) is 9.79 Å². The number of ether oxygens (including phenoxy) is 2. The van der Waals surface area contributed by atoms with E-state index in [2.05, 4.69) is 83.1 Å². The number of aliphatic imine (C=N–C) groups is 1. The summed E-state index contributed by atoms with van der Waals surface area (Å²) in [5.74, 6) is 2.51. The van der Waals surface area contributed by atoms with Crippen LogP contribution in [0.2, 0.25) is 0 Å². The lowest BCUT2D eigenvalue weighted by molar-refractivity contribution is -0.231. The number of methoxy groups -OCH3 is 2. The molecule has 1 N–H and O–H groups in total. The molecule has 2 aliphatic heterocycles. The minimum Gasteiger partial charge on any atom is -0.382 e. The molecular formula is C46H71N3O5S. The Morgan fingerprint density at radius 3 is 2.22 bits per heavy atom. The van der Waals surface area contributed by atoms with Gasteiger partial charge < -0.3 is 19.7 Å². The van der Waals surface area contributed by atoms with Crippen LogP contribution in [0, 0.1) is 45.3 Å². The first kappa shape index (κ1) is 41.3. The lowest BCUT2D eigenvalue weighted by Gasteiger charge is -2.73. The largest absolute Gasteiger partial charge is 0.382 e. The van der Waals surface area contributed by atoms with Gasteiger partial charge in [-0.25, -0.2) is 8.42 Å². The van der Waals surface area contributed by atoms with Crippen LogP contribution < -0.4 is 5.32 Å². The molecule has 0 amide bonds. The predicted octanol–water partition coefficient (Wildman–Crippen LogP) is 7.91. The van der Waals surface area contributed by atoms with Gasteiger partial charge >= 0.3 is 0 Å². The third kappa shape index (κ3) is 6.29. The first-order chi connectivity index (χ1) is 25.8. The normalized spacial score (nSPS) is 41.6. The molecule has 4 fully saturated rings. The van der Waals surface area contributed by atoms with E-state index in [1.54, 1.807) is 14.0 Å². The van der Waals surface area contributed by atoms with Crippen LogP contribution in [-0.2, 0) is 19.3 Å². The molecule has 1 aromatic rings. The monoisotopic (exact) mass is 778 g/mol. The molecule has 6 aliphatic rings. The van der Waals surface area contributed by atoms with Gasteiger partial charge in [-0.05, 0) is 116 Å². The highest BCUT2D eigenvalue weighted by Gasteiger charge is 2.74. The van der Waals surface area contributed by atoms with Gasteiger partial charge in [0.1, 0.15) is 11.1 Å². The Bertz CT molecular complexity index is 1790. The van der Waals surface area contributed by atoms with E-state index in [1.165, 1.54) is 43.2 Å². The van der Waals surface area contributed by atoms with E-state index in [9.17, 15) is 13.2 Å². The summed E-state index contributed by atoms with van der Waals surface area (Å²) < 4.78 is 36.7. The third-order valence-electron chi connectivity index (χ3n) is 17.8. The topological polar surface area (TPSA) is 97.3 Å². The van der Waals surface area contributed by atoms with Gasteiger partial charge in [0, 0.05) is 63.6 Å². The molecular weight excluding hydrogens is 707 g/mol. The quantitative estimate of drug-likeness (QED) is 0.216. The van der Waals surface area contributed by atoms with Gasteiger partial charge in [-0.1, -0.05) is 71.9 Å². The number of carbonyl (C=O) groups is 1. The molecule has 0 bridgehead atoms. The Morgan fingerprint density at radius 1 is 0.964 bits per heavy atom. The number of nitrogens with one attached hydrogen (secondary N) is 1. The van der Waals surface area contributed by atoms with Gasteiger partial charge in [-0.15, -0.1) is 0 Å². The van der Waals surface area contributed by atoms with E-state index in [0.717, 1.165) is 37.9 Å². The van der Waals surface area contributed by atoms with Crippen molar-refractivity contribution in [1.29, 1.82) is 0 Å². The lowest BCUT2D eigenvalue weighted by atomic mass is 9.32. The number of nitrogens with zero attached hydrogens (tertiary/aromatic N) is 2. The summed E-state index contributed by atoms with van der Waals surface area (Å²) in [4.78, 5) is 19.7. The van der Waals surface area contributed by atoms with Crippen LogP contribution in [0.25, 0.3) is 5.57 Å². The number of rotatable bonds is 12. The molecule has 10 atom stereocenters. The lowest BCUT2D eigenvalue weighted by Crippen LogP contribution is -2.73. The van der Waals surface area contributed by atoms with Crippen LogP contribution in [0.15, 0.2) is 35.3 Å². The highest BCUT2D eigenvalue weighted by molar-refractivity contribution is 7.91. The Morgan fingerprint density at radius 2 is 1.64 bits per heavy atom. The number of hydrogen-bond acceptors (Lipinski definition) is 8. The highest BCUT2D eigenvalue weighted by atomic mass is 32.2.